The Morgan fingerprint density at radius 2 is 1.69 bits per heavy atom. The molecular formula is C14H25NO. The second-order valence-corrected chi connectivity index (χ2v) is 6.51. The van der Waals surface area contributed by atoms with Gasteiger partial charge in [0.05, 0.1) is 13.1 Å². The van der Waals surface area contributed by atoms with Crippen LogP contribution in [0, 0.1) is 17.8 Å². The third kappa shape index (κ3) is 6.63. The SMILES string of the molecule is C#CCN(CC(=O)CC(C)(C)C)C(C)(C)C. The van der Waals surface area contributed by atoms with E-state index in [1.807, 2.05) is 4.90 Å². The predicted molar refractivity (Wildman–Crippen MR) is 69.2 cm³/mol. The average Bonchev–Trinajstić information content (AvgIpc) is 1.97. The second kappa shape index (κ2) is 5.50. The van der Waals surface area contributed by atoms with Gasteiger partial charge in [-0.25, -0.2) is 0 Å². The minimum Gasteiger partial charge on any atom is -0.298 e. The molecule has 0 saturated carbocycles. The lowest BCUT2D eigenvalue weighted by Gasteiger charge is -2.34. The molecule has 0 aromatic rings. The van der Waals surface area contributed by atoms with Crippen molar-refractivity contribution in [3.05, 3.63) is 0 Å². The second-order valence-electron chi connectivity index (χ2n) is 6.51. The highest BCUT2D eigenvalue weighted by atomic mass is 16.1. The zero-order valence-corrected chi connectivity index (χ0v) is 11.6. The van der Waals surface area contributed by atoms with E-state index in [9.17, 15) is 4.79 Å². The standard InChI is InChI=1S/C14H25NO/c1-8-9-15(14(5,6)7)11-12(16)10-13(2,3)4/h1H,9-11H2,2-7H3. The smallest absolute Gasteiger partial charge is 0.147 e. The van der Waals surface area contributed by atoms with Gasteiger partial charge in [-0.15, -0.1) is 6.42 Å². The van der Waals surface area contributed by atoms with Gasteiger partial charge in [-0.3, -0.25) is 9.69 Å². The van der Waals surface area contributed by atoms with E-state index in [0.717, 1.165) is 0 Å². The van der Waals surface area contributed by atoms with E-state index < -0.39 is 0 Å². The van der Waals surface area contributed by atoms with Gasteiger partial charge >= 0.3 is 0 Å². The summed E-state index contributed by atoms with van der Waals surface area (Å²) < 4.78 is 0. The van der Waals surface area contributed by atoms with E-state index in [0.29, 0.717) is 19.5 Å². The highest BCUT2D eigenvalue weighted by Crippen LogP contribution is 2.20. The molecule has 2 heteroatoms. The normalized spacial score (nSPS) is 12.6. The molecular weight excluding hydrogens is 198 g/mol. The highest BCUT2D eigenvalue weighted by Gasteiger charge is 2.24. The van der Waals surface area contributed by atoms with Gasteiger partial charge in [0.1, 0.15) is 5.78 Å². The molecule has 92 valence electrons. The molecule has 16 heavy (non-hydrogen) atoms. The van der Waals surface area contributed by atoms with E-state index in [4.69, 9.17) is 6.42 Å². The highest BCUT2D eigenvalue weighted by molar-refractivity contribution is 5.81. The first kappa shape index (κ1) is 15.2. The van der Waals surface area contributed by atoms with Crippen LogP contribution < -0.4 is 0 Å². The molecule has 0 heterocycles. The minimum absolute atomic E-state index is 0.0524. The molecule has 0 aliphatic heterocycles. The van der Waals surface area contributed by atoms with Gasteiger partial charge in [-0.05, 0) is 26.2 Å². The zero-order chi connectivity index (χ0) is 13.0. The van der Waals surface area contributed by atoms with E-state index in [1.54, 1.807) is 0 Å². The van der Waals surface area contributed by atoms with Crippen LogP contribution in [-0.2, 0) is 4.79 Å². The van der Waals surface area contributed by atoms with Crippen LogP contribution in [0.3, 0.4) is 0 Å². The Kier molecular flexibility index (Phi) is 5.22. The first-order valence-corrected chi connectivity index (χ1v) is 5.76. The number of hydrogen-bond acceptors (Lipinski definition) is 2. The summed E-state index contributed by atoms with van der Waals surface area (Å²) in [6.07, 6.45) is 5.93. The Hall–Kier alpha value is -0.810. The number of rotatable bonds is 4. The maximum absolute atomic E-state index is 11.9. The molecule has 0 N–H and O–H groups in total. The summed E-state index contributed by atoms with van der Waals surface area (Å²) in [5.41, 5.74) is -0.00328. The fraction of sp³-hybridized carbons (Fsp3) is 0.786. The van der Waals surface area contributed by atoms with Crippen molar-refractivity contribution in [1.29, 1.82) is 0 Å². The number of hydrogen-bond donors (Lipinski definition) is 0. The summed E-state index contributed by atoms with van der Waals surface area (Å²) in [5.74, 6) is 2.88. The molecule has 0 spiro atoms. The van der Waals surface area contributed by atoms with Crippen LogP contribution in [0.4, 0.5) is 0 Å². The Balaban J connectivity index is 4.43. The van der Waals surface area contributed by atoms with Crippen molar-refractivity contribution in [3.63, 3.8) is 0 Å². The Bertz CT molecular complexity index is 273. The van der Waals surface area contributed by atoms with Crippen molar-refractivity contribution in [2.45, 2.75) is 53.5 Å². The summed E-state index contributed by atoms with van der Waals surface area (Å²) in [6.45, 7) is 13.4. The number of carbonyl (C=O) groups is 1. The van der Waals surface area contributed by atoms with Gasteiger partial charge < -0.3 is 0 Å². The largest absolute Gasteiger partial charge is 0.298 e. The lowest BCUT2D eigenvalue weighted by molar-refractivity contribution is -0.122. The third-order valence-electron chi connectivity index (χ3n) is 2.33. The van der Waals surface area contributed by atoms with Crippen molar-refractivity contribution >= 4 is 5.78 Å². The number of Topliss-reactive ketones (excluding diaryl/α,β-unsaturated/α-hetero) is 1. The minimum atomic E-state index is -0.0556. The van der Waals surface area contributed by atoms with E-state index in [2.05, 4.69) is 47.5 Å². The van der Waals surface area contributed by atoms with Gasteiger partial charge in [0.25, 0.3) is 0 Å². The molecule has 0 fully saturated rings. The Morgan fingerprint density at radius 1 is 1.19 bits per heavy atom. The van der Waals surface area contributed by atoms with Crippen molar-refractivity contribution in [2.24, 2.45) is 5.41 Å². The predicted octanol–water partition coefficient (Wildman–Crippen LogP) is 2.73. The fourth-order valence-corrected chi connectivity index (χ4v) is 1.50. The van der Waals surface area contributed by atoms with Gasteiger partial charge in [0, 0.05) is 12.0 Å². The van der Waals surface area contributed by atoms with Crippen LogP contribution in [0.5, 0.6) is 0 Å². The molecule has 0 atom stereocenters. The van der Waals surface area contributed by atoms with Crippen LogP contribution in [0.2, 0.25) is 0 Å². The van der Waals surface area contributed by atoms with Crippen molar-refractivity contribution in [2.75, 3.05) is 13.1 Å². The third-order valence-corrected chi connectivity index (χ3v) is 2.33. The van der Waals surface area contributed by atoms with Gasteiger partial charge in [-0.1, -0.05) is 26.7 Å². The van der Waals surface area contributed by atoms with Crippen LogP contribution in [0.15, 0.2) is 0 Å². The van der Waals surface area contributed by atoms with Gasteiger partial charge in [-0.2, -0.15) is 0 Å². The lowest BCUT2D eigenvalue weighted by Crippen LogP contribution is -2.45. The molecule has 2 nitrogen and oxygen atoms in total. The molecule has 0 rings (SSSR count). The molecule has 0 aromatic carbocycles. The summed E-state index contributed by atoms with van der Waals surface area (Å²) in [7, 11) is 0. The summed E-state index contributed by atoms with van der Waals surface area (Å²) >= 11 is 0. The maximum Gasteiger partial charge on any atom is 0.147 e. The Labute approximate surface area is 100 Å². The van der Waals surface area contributed by atoms with E-state index in [1.165, 1.54) is 0 Å². The summed E-state index contributed by atoms with van der Waals surface area (Å²) in [4.78, 5) is 13.9. The van der Waals surface area contributed by atoms with E-state index in [-0.39, 0.29) is 16.7 Å². The summed E-state index contributed by atoms with van der Waals surface area (Å²) in [6, 6.07) is 0. The topological polar surface area (TPSA) is 20.3 Å². The molecule has 0 aliphatic rings. The quantitative estimate of drug-likeness (QED) is 0.683. The monoisotopic (exact) mass is 223 g/mol. The first-order chi connectivity index (χ1) is 7.06. The lowest BCUT2D eigenvalue weighted by atomic mass is 9.89. The van der Waals surface area contributed by atoms with Crippen molar-refractivity contribution in [3.8, 4) is 12.3 Å². The maximum atomic E-state index is 11.9. The van der Waals surface area contributed by atoms with Crippen LogP contribution >= 0.6 is 0 Å². The first-order valence-electron chi connectivity index (χ1n) is 5.76. The van der Waals surface area contributed by atoms with Gasteiger partial charge in [0.2, 0.25) is 0 Å². The average molecular weight is 223 g/mol. The number of terminal acetylenes is 1. The Morgan fingerprint density at radius 3 is 2.00 bits per heavy atom. The van der Waals surface area contributed by atoms with Crippen molar-refractivity contribution < 1.29 is 4.79 Å². The van der Waals surface area contributed by atoms with Crippen molar-refractivity contribution in [1.82, 2.24) is 4.90 Å². The van der Waals surface area contributed by atoms with Crippen LogP contribution in [-0.4, -0.2) is 29.3 Å². The van der Waals surface area contributed by atoms with Crippen LogP contribution in [0.1, 0.15) is 48.0 Å². The number of nitrogens with zero attached hydrogens (tertiary/aromatic N) is 1. The molecule has 0 radical (unpaired) electrons. The molecule has 0 aromatic heterocycles. The fourth-order valence-electron chi connectivity index (χ4n) is 1.50. The van der Waals surface area contributed by atoms with Gasteiger partial charge in [0.15, 0.2) is 0 Å². The van der Waals surface area contributed by atoms with E-state index >= 15 is 0 Å². The number of ketones is 1. The number of carbonyl (C=O) groups excluding carboxylic acids is 1. The molecule has 0 amide bonds. The molecule has 0 unspecified atom stereocenters. The summed E-state index contributed by atoms with van der Waals surface area (Å²) in [5, 5.41) is 0. The molecule has 0 bridgehead atoms. The molecule has 0 aliphatic carbocycles. The zero-order valence-electron chi connectivity index (χ0n) is 11.6. The van der Waals surface area contributed by atoms with Crippen LogP contribution in [0.25, 0.3) is 0 Å². The molecule has 0 saturated heterocycles.